The SMILES string of the molecule is CCN1CCN(c2ccc(-c3ccc(N4C[C@H](CNC(C)=O)OC4=O)cc3F)cn2)C=N1. The maximum Gasteiger partial charge on any atom is 0.414 e. The molecule has 1 aromatic heterocycles. The number of carbonyl (C=O) groups is 2. The van der Waals surface area contributed by atoms with Gasteiger partial charge >= 0.3 is 6.09 Å². The van der Waals surface area contributed by atoms with Crippen molar-refractivity contribution in [1.82, 2.24) is 15.3 Å². The van der Waals surface area contributed by atoms with Crippen molar-refractivity contribution in [2.24, 2.45) is 5.10 Å². The standard InChI is InChI=1S/C22H25FN6O3/c1-3-28-9-8-27(14-26-28)21-7-4-16(11-25-21)19-6-5-17(10-20(19)23)29-13-18(32-22(29)31)12-24-15(2)30/h4-7,10-11,14,18H,3,8-9,12-13H2,1-2H3,(H,24,30)/t18-/m0/s1. The molecule has 1 fully saturated rings. The van der Waals surface area contributed by atoms with E-state index in [0.717, 1.165) is 25.5 Å². The number of amides is 2. The van der Waals surface area contributed by atoms with E-state index in [1.165, 1.54) is 17.9 Å². The Morgan fingerprint density at radius 1 is 1.28 bits per heavy atom. The normalized spacial score (nSPS) is 18.2. The van der Waals surface area contributed by atoms with E-state index in [2.05, 4.69) is 22.3 Å². The zero-order chi connectivity index (χ0) is 22.7. The Labute approximate surface area is 185 Å². The van der Waals surface area contributed by atoms with Gasteiger partial charge in [0.25, 0.3) is 0 Å². The van der Waals surface area contributed by atoms with E-state index in [0.29, 0.717) is 16.8 Å². The number of nitrogens with one attached hydrogen (secondary N) is 1. The number of halogens is 1. The van der Waals surface area contributed by atoms with Crippen LogP contribution in [0.4, 0.5) is 20.7 Å². The van der Waals surface area contributed by atoms with Crippen molar-refractivity contribution >= 4 is 29.8 Å². The number of benzene rings is 1. The fraction of sp³-hybridized carbons (Fsp3) is 0.364. The minimum absolute atomic E-state index is 0.204. The molecule has 1 atom stereocenters. The molecule has 0 bridgehead atoms. The summed E-state index contributed by atoms with van der Waals surface area (Å²) >= 11 is 0. The summed E-state index contributed by atoms with van der Waals surface area (Å²) in [5.74, 6) is 0.0774. The molecule has 2 aromatic rings. The van der Waals surface area contributed by atoms with E-state index in [4.69, 9.17) is 4.74 Å². The minimum atomic E-state index is -0.566. The number of anilines is 2. The van der Waals surface area contributed by atoms with Gasteiger partial charge in [-0.2, -0.15) is 5.10 Å². The molecule has 168 valence electrons. The second-order valence-electron chi connectivity index (χ2n) is 7.59. The molecule has 0 aliphatic carbocycles. The van der Waals surface area contributed by atoms with Crippen molar-refractivity contribution < 1.29 is 18.7 Å². The molecular formula is C22H25FN6O3. The summed E-state index contributed by atoms with van der Waals surface area (Å²) in [7, 11) is 0. The molecule has 0 saturated carbocycles. The number of carbonyl (C=O) groups excluding carboxylic acids is 2. The third-order valence-corrected chi connectivity index (χ3v) is 5.39. The molecule has 0 unspecified atom stereocenters. The number of hydrogen-bond acceptors (Lipinski definition) is 7. The quantitative estimate of drug-likeness (QED) is 0.742. The van der Waals surface area contributed by atoms with Crippen molar-refractivity contribution in [3.8, 4) is 11.1 Å². The Balaban J connectivity index is 1.46. The van der Waals surface area contributed by atoms with E-state index in [1.54, 1.807) is 24.7 Å². The first-order chi connectivity index (χ1) is 15.4. The van der Waals surface area contributed by atoms with E-state index in [9.17, 15) is 14.0 Å². The first-order valence-corrected chi connectivity index (χ1v) is 10.5. The summed E-state index contributed by atoms with van der Waals surface area (Å²) in [6.45, 7) is 6.35. The van der Waals surface area contributed by atoms with Gasteiger partial charge in [-0.05, 0) is 37.3 Å². The zero-order valence-corrected chi connectivity index (χ0v) is 18.0. The van der Waals surface area contributed by atoms with Crippen LogP contribution in [0, 0.1) is 5.82 Å². The number of cyclic esters (lactones) is 1. The summed E-state index contributed by atoms with van der Waals surface area (Å²) in [5.41, 5.74) is 1.42. The summed E-state index contributed by atoms with van der Waals surface area (Å²) in [6, 6.07) is 8.25. The van der Waals surface area contributed by atoms with Gasteiger partial charge in [0.2, 0.25) is 5.91 Å². The summed E-state index contributed by atoms with van der Waals surface area (Å²) in [5, 5.41) is 8.94. The monoisotopic (exact) mass is 440 g/mol. The third-order valence-electron chi connectivity index (χ3n) is 5.39. The van der Waals surface area contributed by atoms with E-state index in [-0.39, 0.29) is 19.0 Å². The maximum atomic E-state index is 14.9. The van der Waals surface area contributed by atoms with E-state index in [1.807, 2.05) is 22.0 Å². The highest BCUT2D eigenvalue weighted by Gasteiger charge is 2.32. The molecule has 3 heterocycles. The fourth-order valence-electron chi connectivity index (χ4n) is 3.61. The number of ether oxygens (including phenoxy) is 1. The molecule has 4 rings (SSSR count). The molecular weight excluding hydrogens is 415 g/mol. The Kier molecular flexibility index (Phi) is 6.20. The van der Waals surface area contributed by atoms with Crippen molar-refractivity contribution in [1.29, 1.82) is 0 Å². The maximum absolute atomic E-state index is 14.9. The number of likely N-dealkylation sites (N-methyl/N-ethyl adjacent to an activating group) is 1. The number of aromatic nitrogens is 1. The highest BCUT2D eigenvalue weighted by Crippen LogP contribution is 2.29. The lowest BCUT2D eigenvalue weighted by atomic mass is 10.1. The largest absolute Gasteiger partial charge is 0.442 e. The average Bonchev–Trinajstić information content (AvgIpc) is 3.18. The van der Waals surface area contributed by atoms with E-state index >= 15 is 0 Å². The lowest BCUT2D eigenvalue weighted by Crippen LogP contribution is -2.38. The van der Waals surface area contributed by atoms with Crippen molar-refractivity contribution in [2.75, 3.05) is 42.5 Å². The topological polar surface area (TPSA) is 90.4 Å². The predicted molar refractivity (Wildman–Crippen MR) is 119 cm³/mol. The van der Waals surface area contributed by atoms with Gasteiger partial charge in [-0.25, -0.2) is 14.2 Å². The molecule has 1 N–H and O–H groups in total. The molecule has 32 heavy (non-hydrogen) atoms. The minimum Gasteiger partial charge on any atom is -0.442 e. The van der Waals surface area contributed by atoms with Crippen LogP contribution in [0.1, 0.15) is 13.8 Å². The van der Waals surface area contributed by atoms with Crippen molar-refractivity contribution in [2.45, 2.75) is 20.0 Å². The van der Waals surface area contributed by atoms with Crippen molar-refractivity contribution in [3.63, 3.8) is 0 Å². The molecule has 10 heteroatoms. The highest BCUT2D eigenvalue weighted by molar-refractivity contribution is 5.90. The van der Waals surface area contributed by atoms with Crippen LogP contribution in [-0.4, -0.2) is 67.2 Å². The molecule has 2 aliphatic rings. The fourth-order valence-corrected chi connectivity index (χ4v) is 3.61. The predicted octanol–water partition coefficient (Wildman–Crippen LogP) is 2.43. The second kappa shape index (κ2) is 9.21. The van der Waals surface area contributed by atoms with Crippen LogP contribution in [-0.2, 0) is 9.53 Å². The van der Waals surface area contributed by atoms with Crippen LogP contribution >= 0.6 is 0 Å². The number of nitrogens with zero attached hydrogens (tertiary/aromatic N) is 5. The van der Waals surface area contributed by atoms with Crippen LogP contribution in [0.5, 0.6) is 0 Å². The van der Waals surface area contributed by atoms with Crippen LogP contribution in [0.25, 0.3) is 11.1 Å². The van der Waals surface area contributed by atoms with Gasteiger partial charge in [-0.15, -0.1) is 0 Å². The molecule has 2 aliphatic heterocycles. The second-order valence-corrected chi connectivity index (χ2v) is 7.59. The lowest BCUT2D eigenvalue weighted by molar-refractivity contribution is -0.119. The van der Waals surface area contributed by atoms with Crippen molar-refractivity contribution in [3.05, 3.63) is 42.3 Å². The molecule has 1 saturated heterocycles. The van der Waals surface area contributed by atoms with Gasteiger partial charge in [-0.1, -0.05) is 0 Å². The van der Waals surface area contributed by atoms with Gasteiger partial charge in [0, 0.05) is 37.3 Å². The summed E-state index contributed by atoms with van der Waals surface area (Å²) in [6.07, 6.45) is 2.33. The Morgan fingerprint density at radius 2 is 2.12 bits per heavy atom. The first kappa shape index (κ1) is 21.5. The van der Waals surface area contributed by atoms with Crippen LogP contribution < -0.4 is 15.1 Å². The number of hydrazone groups is 1. The van der Waals surface area contributed by atoms with Gasteiger partial charge in [0.05, 0.1) is 25.3 Å². The Morgan fingerprint density at radius 3 is 2.75 bits per heavy atom. The van der Waals surface area contributed by atoms with Gasteiger partial charge < -0.3 is 15.0 Å². The highest BCUT2D eigenvalue weighted by atomic mass is 19.1. The Bertz CT molecular complexity index is 1030. The van der Waals surface area contributed by atoms with E-state index < -0.39 is 18.0 Å². The number of pyridine rings is 1. The molecule has 0 radical (unpaired) electrons. The summed E-state index contributed by atoms with van der Waals surface area (Å²) < 4.78 is 20.1. The number of hydrogen-bond donors (Lipinski definition) is 1. The van der Waals surface area contributed by atoms with Crippen LogP contribution in [0.15, 0.2) is 41.6 Å². The summed E-state index contributed by atoms with van der Waals surface area (Å²) in [4.78, 5) is 31.0. The van der Waals surface area contributed by atoms with Gasteiger partial charge in [-0.3, -0.25) is 14.7 Å². The molecule has 1 aromatic carbocycles. The average molecular weight is 440 g/mol. The van der Waals surface area contributed by atoms with Gasteiger partial charge in [0.1, 0.15) is 24.1 Å². The smallest absolute Gasteiger partial charge is 0.414 e. The molecule has 9 nitrogen and oxygen atoms in total. The number of rotatable bonds is 6. The molecule has 0 spiro atoms. The molecule has 2 amide bonds. The first-order valence-electron chi connectivity index (χ1n) is 10.5. The Hall–Kier alpha value is -3.69. The van der Waals surface area contributed by atoms with Crippen LogP contribution in [0.3, 0.4) is 0 Å². The van der Waals surface area contributed by atoms with Gasteiger partial charge in [0.15, 0.2) is 0 Å². The third kappa shape index (κ3) is 4.63. The van der Waals surface area contributed by atoms with Crippen LogP contribution in [0.2, 0.25) is 0 Å². The zero-order valence-electron chi connectivity index (χ0n) is 18.0. The lowest BCUT2D eigenvalue weighted by Gasteiger charge is -2.28.